The van der Waals surface area contributed by atoms with E-state index in [0.29, 0.717) is 29.4 Å². The molecule has 3 N–H and O–H groups in total. The number of nitrogens with two attached hydrogens (primary N) is 1. The summed E-state index contributed by atoms with van der Waals surface area (Å²) in [5, 5.41) is 4.61. The summed E-state index contributed by atoms with van der Waals surface area (Å²) in [6.07, 6.45) is 1.71. The van der Waals surface area contributed by atoms with Gasteiger partial charge in [0.25, 0.3) is 5.91 Å². The van der Waals surface area contributed by atoms with Crippen LogP contribution in [0.4, 0.5) is 5.00 Å². The van der Waals surface area contributed by atoms with E-state index in [-0.39, 0.29) is 10.5 Å². The van der Waals surface area contributed by atoms with Crippen molar-refractivity contribution in [2.24, 2.45) is 5.10 Å². The third-order valence-corrected chi connectivity index (χ3v) is 7.04. The van der Waals surface area contributed by atoms with Crippen molar-refractivity contribution in [3.05, 3.63) is 41.1 Å². The molecule has 8 nitrogen and oxygen atoms in total. The molecule has 1 aliphatic rings. The summed E-state index contributed by atoms with van der Waals surface area (Å²) in [5.41, 5.74) is 10.5. The van der Waals surface area contributed by atoms with E-state index >= 15 is 0 Å². The molecule has 2 aromatic rings. The van der Waals surface area contributed by atoms with Gasteiger partial charge in [0, 0.05) is 18.7 Å². The normalized spacial score (nSPS) is 15.9. The van der Waals surface area contributed by atoms with Crippen LogP contribution in [0.5, 0.6) is 0 Å². The molecule has 2 heterocycles. The van der Waals surface area contributed by atoms with E-state index in [9.17, 15) is 13.2 Å². The van der Waals surface area contributed by atoms with Gasteiger partial charge < -0.3 is 5.73 Å². The first-order valence-electron chi connectivity index (χ1n) is 8.47. The first kappa shape index (κ1) is 19.5. The standard InChI is InChI=1S/C17H21N5O3S2/c1-11(15-12(2)21-26-16(15)18)19-20-17(23)13-6-5-7-14(10-13)27(24,25)22-8-3-4-9-22/h5-7,10H,3-4,8-9,18H2,1-2H3,(H,20,23)/b19-11-. The van der Waals surface area contributed by atoms with E-state index in [1.165, 1.54) is 28.0 Å². The van der Waals surface area contributed by atoms with Gasteiger partial charge in [0.1, 0.15) is 5.00 Å². The van der Waals surface area contributed by atoms with Crippen molar-refractivity contribution in [1.29, 1.82) is 0 Å². The number of nitrogens with zero attached hydrogens (tertiary/aromatic N) is 3. The van der Waals surface area contributed by atoms with Crippen molar-refractivity contribution in [3.63, 3.8) is 0 Å². The Labute approximate surface area is 162 Å². The van der Waals surface area contributed by atoms with Gasteiger partial charge in [-0.3, -0.25) is 4.79 Å². The minimum Gasteiger partial charge on any atom is -0.389 e. The van der Waals surface area contributed by atoms with Crippen LogP contribution in [-0.2, 0) is 10.0 Å². The molecule has 1 aromatic carbocycles. The summed E-state index contributed by atoms with van der Waals surface area (Å²) in [6, 6.07) is 5.98. The Morgan fingerprint density at radius 1 is 1.33 bits per heavy atom. The molecule has 0 spiro atoms. The molecule has 1 saturated heterocycles. The number of anilines is 1. The number of carbonyl (C=O) groups is 1. The Kier molecular flexibility index (Phi) is 5.59. The van der Waals surface area contributed by atoms with Gasteiger partial charge in [-0.15, -0.1) is 0 Å². The van der Waals surface area contributed by atoms with Crippen LogP contribution in [0.3, 0.4) is 0 Å². The van der Waals surface area contributed by atoms with Crippen LogP contribution in [0.25, 0.3) is 0 Å². The highest BCUT2D eigenvalue weighted by molar-refractivity contribution is 7.89. The first-order valence-corrected chi connectivity index (χ1v) is 10.7. The third-order valence-electron chi connectivity index (χ3n) is 4.38. The highest BCUT2D eigenvalue weighted by Gasteiger charge is 2.27. The zero-order valence-corrected chi connectivity index (χ0v) is 16.7. The Balaban J connectivity index is 1.79. The van der Waals surface area contributed by atoms with Crippen molar-refractivity contribution >= 4 is 38.2 Å². The van der Waals surface area contributed by atoms with Gasteiger partial charge in [-0.2, -0.15) is 13.8 Å². The van der Waals surface area contributed by atoms with Crippen LogP contribution < -0.4 is 11.2 Å². The Morgan fingerprint density at radius 2 is 2.04 bits per heavy atom. The number of hydrogen-bond acceptors (Lipinski definition) is 7. The molecule has 3 rings (SSSR count). The van der Waals surface area contributed by atoms with Crippen LogP contribution in [0, 0.1) is 6.92 Å². The molecule has 144 valence electrons. The van der Waals surface area contributed by atoms with Gasteiger partial charge in [-0.1, -0.05) is 6.07 Å². The Hall–Kier alpha value is -2.30. The van der Waals surface area contributed by atoms with Crippen molar-refractivity contribution in [2.75, 3.05) is 18.8 Å². The number of rotatable bonds is 5. The Bertz CT molecular complexity index is 972. The zero-order valence-electron chi connectivity index (χ0n) is 15.1. The van der Waals surface area contributed by atoms with Crippen molar-refractivity contribution in [2.45, 2.75) is 31.6 Å². The summed E-state index contributed by atoms with van der Waals surface area (Å²) >= 11 is 1.17. The van der Waals surface area contributed by atoms with Crippen molar-refractivity contribution in [3.8, 4) is 0 Å². The molecule has 1 fully saturated rings. The van der Waals surface area contributed by atoms with Gasteiger partial charge in [-0.25, -0.2) is 13.8 Å². The third kappa shape index (κ3) is 4.02. The van der Waals surface area contributed by atoms with Gasteiger partial charge >= 0.3 is 0 Å². The van der Waals surface area contributed by atoms with Gasteiger partial charge in [-0.05, 0) is 56.4 Å². The molecular weight excluding hydrogens is 386 g/mol. The SMILES string of the molecule is C/C(=N/NC(=O)c1cccc(S(=O)(=O)N2CCCC2)c1)c1c(C)nsc1N. The number of hydrazone groups is 1. The maximum absolute atomic E-state index is 12.7. The monoisotopic (exact) mass is 407 g/mol. The quantitative estimate of drug-likeness (QED) is 0.580. The van der Waals surface area contributed by atoms with Crippen LogP contribution in [0.2, 0.25) is 0 Å². The molecule has 0 atom stereocenters. The van der Waals surface area contributed by atoms with Gasteiger partial charge in [0.15, 0.2) is 0 Å². The lowest BCUT2D eigenvalue weighted by Crippen LogP contribution is -2.28. The van der Waals surface area contributed by atoms with E-state index in [0.717, 1.165) is 18.5 Å². The van der Waals surface area contributed by atoms with Crippen molar-refractivity contribution < 1.29 is 13.2 Å². The number of aromatic nitrogens is 1. The van der Waals surface area contributed by atoms with Crippen LogP contribution in [0.1, 0.15) is 41.4 Å². The summed E-state index contributed by atoms with van der Waals surface area (Å²) < 4.78 is 30.9. The molecule has 27 heavy (non-hydrogen) atoms. The van der Waals surface area contributed by atoms with E-state index in [1.54, 1.807) is 19.1 Å². The minimum absolute atomic E-state index is 0.111. The van der Waals surface area contributed by atoms with E-state index in [1.807, 2.05) is 6.92 Å². The molecule has 0 radical (unpaired) electrons. The number of hydrogen-bond donors (Lipinski definition) is 2. The summed E-state index contributed by atoms with van der Waals surface area (Å²) in [5.74, 6) is -0.493. The fourth-order valence-electron chi connectivity index (χ4n) is 2.96. The fourth-order valence-corrected chi connectivity index (χ4v) is 5.23. The molecule has 0 saturated carbocycles. The number of nitrogen functional groups attached to an aromatic ring is 1. The van der Waals surface area contributed by atoms with Crippen molar-refractivity contribution in [1.82, 2.24) is 14.1 Å². The van der Waals surface area contributed by atoms with Crippen LogP contribution in [-0.4, -0.2) is 41.8 Å². The van der Waals surface area contributed by atoms with E-state index < -0.39 is 15.9 Å². The zero-order chi connectivity index (χ0) is 19.6. The lowest BCUT2D eigenvalue weighted by atomic mass is 10.2. The number of benzene rings is 1. The molecule has 1 aliphatic heterocycles. The van der Waals surface area contributed by atoms with Crippen LogP contribution >= 0.6 is 11.5 Å². The lowest BCUT2D eigenvalue weighted by molar-refractivity contribution is 0.0954. The highest BCUT2D eigenvalue weighted by Crippen LogP contribution is 2.22. The summed E-state index contributed by atoms with van der Waals surface area (Å²) in [7, 11) is -3.58. The summed E-state index contributed by atoms with van der Waals surface area (Å²) in [6.45, 7) is 4.56. The maximum Gasteiger partial charge on any atom is 0.271 e. The molecule has 10 heteroatoms. The average molecular weight is 408 g/mol. The predicted molar refractivity (Wildman–Crippen MR) is 105 cm³/mol. The predicted octanol–water partition coefficient (Wildman–Crippen LogP) is 1.97. The molecule has 0 bridgehead atoms. The summed E-state index contributed by atoms with van der Waals surface area (Å²) in [4.78, 5) is 12.5. The van der Waals surface area contributed by atoms with E-state index in [4.69, 9.17) is 5.73 Å². The number of amides is 1. The largest absolute Gasteiger partial charge is 0.389 e. The number of sulfonamides is 1. The first-order chi connectivity index (χ1) is 12.8. The molecule has 0 unspecified atom stereocenters. The molecule has 0 aliphatic carbocycles. The topological polar surface area (TPSA) is 118 Å². The number of nitrogens with one attached hydrogen (secondary N) is 1. The molecular formula is C17H21N5O3S2. The second kappa shape index (κ2) is 7.75. The lowest BCUT2D eigenvalue weighted by Gasteiger charge is -2.15. The van der Waals surface area contributed by atoms with Gasteiger partial charge in [0.2, 0.25) is 10.0 Å². The van der Waals surface area contributed by atoms with Gasteiger partial charge in [0.05, 0.1) is 21.9 Å². The highest BCUT2D eigenvalue weighted by atomic mass is 32.2. The van der Waals surface area contributed by atoms with E-state index in [2.05, 4.69) is 14.9 Å². The Morgan fingerprint density at radius 3 is 2.67 bits per heavy atom. The minimum atomic E-state index is -3.58. The number of carbonyl (C=O) groups excluding carboxylic acids is 1. The molecule has 1 aromatic heterocycles. The van der Waals surface area contributed by atoms with Crippen LogP contribution in [0.15, 0.2) is 34.3 Å². The second-order valence-electron chi connectivity index (χ2n) is 6.28. The fraction of sp³-hybridized carbons (Fsp3) is 0.353. The maximum atomic E-state index is 12.7. The smallest absolute Gasteiger partial charge is 0.271 e. The molecule has 1 amide bonds. The number of aryl methyl sites for hydroxylation is 1. The second-order valence-corrected chi connectivity index (χ2v) is 9.03. The average Bonchev–Trinajstić information content (AvgIpc) is 3.30.